The third kappa shape index (κ3) is 31.7. The van der Waals surface area contributed by atoms with E-state index >= 15 is 0 Å². The minimum Gasteiger partial charge on any atom is -0.462 e. The summed E-state index contributed by atoms with van der Waals surface area (Å²) in [4.78, 5) is 47.9. The molecule has 39 atom stereocenters. The fourth-order valence-corrected chi connectivity index (χ4v) is 17.0. The Morgan fingerprint density at radius 1 is 0.339 bits per heavy atom. The van der Waals surface area contributed by atoms with E-state index in [0.29, 0.717) is 19.3 Å². The predicted octanol–water partition coefficient (Wildman–Crippen LogP) is -8.26. The maximum atomic E-state index is 14.1. The van der Waals surface area contributed by atoms with Crippen molar-refractivity contribution in [2.45, 2.75) is 395 Å². The van der Waals surface area contributed by atoms with Gasteiger partial charge in [-0.1, -0.05) is 142 Å². The first-order chi connectivity index (χ1) is 59.0. The summed E-state index contributed by atoms with van der Waals surface area (Å²) in [6, 6.07) is -1.81. The molecule has 7 aliphatic rings. The number of carbonyl (C=O) groups is 2. The Bertz CT molecular complexity index is 3090. The fourth-order valence-electron chi connectivity index (χ4n) is 15.3. The molecule has 0 spiro atoms. The van der Waals surface area contributed by atoms with Crippen LogP contribution in [-0.4, -0.2) is 422 Å². The highest BCUT2D eigenvalue weighted by Crippen LogP contribution is 2.49. The van der Waals surface area contributed by atoms with Crippen LogP contribution in [0, 0.1) is 0 Å². The van der Waals surface area contributed by atoms with Crippen molar-refractivity contribution in [1.29, 1.82) is 0 Å². The molecule has 0 aromatic carbocycles. The Hall–Kier alpha value is -2.24. The summed E-state index contributed by atoms with van der Waals surface area (Å²) in [5.41, 5.74) is 7.34. The van der Waals surface area contributed by atoms with Crippen molar-refractivity contribution in [1.82, 2.24) is 0 Å². The molecule has 0 aromatic heterocycles. The molecular formula is C75H140N2O45P2+2. The van der Waals surface area contributed by atoms with Gasteiger partial charge in [-0.2, -0.15) is 0 Å². The lowest BCUT2D eigenvalue weighted by atomic mass is 9.84. The zero-order valence-corrected chi connectivity index (χ0v) is 71.8. The number of hydrogen-bond acceptors (Lipinski definition) is 43. The van der Waals surface area contributed by atoms with Crippen molar-refractivity contribution in [3.63, 3.8) is 0 Å². The van der Waals surface area contributed by atoms with Gasteiger partial charge in [0, 0.05) is 12.8 Å². The largest absolute Gasteiger partial charge is 0.472 e. The SMILES string of the molecule is CCCCCCCCCCCCCC(=O)OC[C@H](COP(=O)(O)O[C@@H]1[C@H](O)[C@H](O)[C@@H](O)[C@H](O)[C@H]1O[C@H]1O[C@H](CO)[C@@H](O[C@H]2O[C@H](CO[C@H]3O[C@H](CO)[C@@H](O)[C@H](O)[C@@H]3O[C@H]3O[C@H](COP(=O)(O)OCC[NH3+])[C@@H](O)[C@H](O)[C@@H]3O)[C@@H](O)[C@H](O[C@H]3O[C@H](CO[C@H]4O[C@H](CO)[C@H](O)[C@H](O)[C@H]4O)[C@H](O)[C@H](O)[C@H]3O)[C@@H]2O)[C@H](O)[C@H]1[NH3+])OC(=O)CCCCCCCCCCCCC. The van der Waals surface area contributed by atoms with E-state index in [2.05, 4.69) is 25.3 Å². The number of aliphatic hydroxyl groups excluding tert-OH is 21. The molecule has 2 unspecified atom stereocenters. The topological polar surface area (TPSA) is 755 Å². The van der Waals surface area contributed by atoms with Crippen LogP contribution >= 0.6 is 15.6 Å². The summed E-state index contributed by atoms with van der Waals surface area (Å²) >= 11 is 0. The van der Waals surface area contributed by atoms with Gasteiger partial charge in [-0.3, -0.25) is 27.7 Å². The normalized spacial score (nSPS) is 39.9. The molecular weight excluding hydrogens is 1710 g/mol. The van der Waals surface area contributed by atoms with E-state index in [1.54, 1.807) is 0 Å². The molecule has 49 heteroatoms. The average molecular weight is 1850 g/mol. The zero-order valence-electron chi connectivity index (χ0n) is 70.0. The quantitative estimate of drug-likeness (QED) is 0.0153. The molecule has 7 fully saturated rings. The number of phosphoric acid groups is 2. The summed E-state index contributed by atoms with van der Waals surface area (Å²) in [7, 11) is -10.6. The van der Waals surface area contributed by atoms with Crippen LogP contribution in [0.25, 0.3) is 0 Å². The van der Waals surface area contributed by atoms with Gasteiger partial charge in [0.25, 0.3) is 0 Å². The van der Waals surface area contributed by atoms with Gasteiger partial charge in [-0.15, -0.1) is 0 Å². The third-order valence-electron chi connectivity index (χ3n) is 22.9. The summed E-state index contributed by atoms with van der Waals surface area (Å²) in [5, 5.41) is 234. The Labute approximate surface area is 717 Å². The van der Waals surface area contributed by atoms with Gasteiger partial charge in [-0.05, 0) is 12.8 Å². The molecule has 1 aliphatic carbocycles. The minimum atomic E-state index is -5.68. The van der Waals surface area contributed by atoms with Gasteiger partial charge in [0.15, 0.2) is 43.6 Å². The predicted molar refractivity (Wildman–Crippen MR) is 413 cm³/mol. The van der Waals surface area contributed by atoms with E-state index in [0.717, 1.165) is 83.5 Å². The molecule has 6 saturated heterocycles. The zero-order chi connectivity index (χ0) is 91.3. The monoisotopic (exact) mass is 1850 g/mol. The van der Waals surface area contributed by atoms with Crippen molar-refractivity contribution >= 4 is 27.6 Å². The van der Waals surface area contributed by atoms with Crippen LogP contribution in [0.4, 0.5) is 0 Å². The summed E-state index contributed by atoms with van der Waals surface area (Å²) in [6.45, 7) is -4.01. The van der Waals surface area contributed by atoms with Crippen LogP contribution in [0.3, 0.4) is 0 Å². The molecule has 0 amide bonds. The maximum absolute atomic E-state index is 14.1. The average Bonchev–Trinajstić information content (AvgIpc) is 0.770. The summed E-state index contributed by atoms with van der Waals surface area (Å²) < 4.78 is 128. The van der Waals surface area contributed by atoms with Gasteiger partial charge in [0.05, 0.1) is 52.8 Å². The second-order valence-corrected chi connectivity index (χ2v) is 35.4. The lowest BCUT2D eigenvalue weighted by molar-refractivity contribution is -0.511. The third-order valence-corrected chi connectivity index (χ3v) is 24.8. The molecule has 1 saturated carbocycles. The molecule has 0 radical (unpaired) electrons. The van der Waals surface area contributed by atoms with Crippen LogP contribution in [0.5, 0.6) is 0 Å². The highest BCUT2D eigenvalue weighted by atomic mass is 31.2. The molecule has 124 heavy (non-hydrogen) atoms. The van der Waals surface area contributed by atoms with Crippen LogP contribution in [0.2, 0.25) is 0 Å². The van der Waals surface area contributed by atoms with E-state index in [4.69, 9.17) is 84.4 Å². The summed E-state index contributed by atoms with van der Waals surface area (Å²) in [5.74, 6) is -1.43. The Morgan fingerprint density at radius 2 is 0.710 bits per heavy atom. The number of unbranched alkanes of at least 4 members (excludes halogenated alkanes) is 20. The van der Waals surface area contributed by atoms with Crippen LogP contribution in [0.15, 0.2) is 0 Å². The van der Waals surface area contributed by atoms with Gasteiger partial charge in [-0.25, -0.2) is 9.13 Å². The summed E-state index contributed by atoms with van der Waals surface area (Å²) in [6.07, 6.45) is -54.9. The Kier molecular flexibility index (Phi) is 47.5. The smallest absolute Gasteiger partial charge is 0.462 e. The first kappa shape index (κ1) is 109. The number of hydrogen-bond donors (Lipinski definition) is 25. The first-order valence-corrected chi connectivity index (χ1v) is 46.1. The van der Waals surface area contributed by atoms with Crippen LogP contribution in [0.1, 0.15) is 168 Å². The van der Waals surface area contributed by atoms with Crippen LogP contribution < -0.4 is 11.5 Å². The van der Waals surface area contributed by atoms with E-state index in [9.17, 15) is 136 Å². The Morgan fingerprint density at radius 3 is 1.21 bits per heavy atom. The number of phosphoric ester groups is 2. The minimum absolute atomic E-state index is 0.000664. The van der Waals surface area contributed by atoms with Gasteiger partial charge < -0.3 is 195 Å². The lowest BCUT2D eigenvalue weighted by Gasteiger charge is -2.49. The maximum Gasteiger partial charge on any atom is 0.472 e. The van der Waals surface area contributed by atoms with Crippen molar-refractivity contribution in [2.24, 2.45) is 0 Å². The lowest BCUT2D eigenvalue weighted by Crippen LogP contribution is -2.79. The first-order valence-electron chi connectivity index (χ1n) is 43.1. The second kappa shape index (κ2) is 54.2. The number of esters is 2. The number of ether oxygens (including phenoxy) is 14. The molecule has 7 rings (SSSR count). The van der Waals surface area contributed by atoms with Gasteiger partial charge in [0.1, 0.15) is 190 Å². The molecule has 0 aromatic rings. The second-order valence-electron chi connectivity index (χ2n) is 32.5. The van der Waals surface area contributed by atoms with Crippen molar-refractivity contribution in [2.75, 3.05) is 66.0 Å². The van der Waals surface area contributed by atoms with Crippen LogP contribution in [-0.2, 0) is 103 Å². The van der Waals surface area contributed by atoms with Crippen molar-refractivity contribution in [3.8, 4) is 0 Å². The van der Waals surface area contributed by atoms with E-state index < -0.39 is 307 Å². The van der Waals surface area contributed by atoms with E-state index in [1.165, 1.54) is 38.5 Å². The van der Waals surface area contributed by atoms with Gasteiger partial charge in [0.2, 0.25) is 6.29 Å². The molecule has 6 aliphatic heterocycles. The van der Waals surface area contributed by atoms with Crippen molar-refractivity contribution < 1.29 is 232 Å². The number of carbonyl (C=O) groups excluding carboxylic acids is 2. The highest BCUT2D eigenvalue weighted by Gasteiger charge is 2.60. The number of rotatable bonds is 55. The van der Waals surface area contributed by atoms with E-state index in [-0.39, 0.29) is 26.0 Å². The molecule has 6 heterocycles. The van der Waals surface area contributed by atoms with Crippen molar-refractivity contribution in [3.05, 3.63) is 0 Å². The molecule has 728 valence electrons. The standard InChI is InChI=1S/C75H138N2O45P2/c1-3-5-7-9-11-13-15-17-19-21-23-25-44(81)105-32-37(111-45(82)26-24-22-20-18-16-14-12-10-8-6-4-2)33-109-124(103,104)122-68-60(96)57(93)56(92)59(95)67(68)120-70-46(77)52(88)65(40(31-80)114-70)118-74-64(100)66(119-72-62(98)54(90)49(85)41(115-72)34-106-71-61(97)53(89)47(83)38(29-78)112-71)51(87)42(116-74)35-107-75-69(58(94)48(84)39(30-79)113-75)121-73-63(99)55(91)50(86)43(117-73)36-110-123(101,102)108-28-27-76/h37-43,46-75,78-80,83-100H,3-36,76-77H2,1-2H3,(H,101,102)(H,103,104)/p+2/t37-,38-,39-,40-,41-,42-,43-,46-,47+,48-,49+,50-,51-,52-,53+,54+,55+,56-,57-,58+,59+,60-,61-,62-,63+,64+,65-,66+,67-,68-,69+,70-,71+,72-,73-,74-,75+/m1/s1. The fraction of sp³-hybridized carbons (Fsp3) is 0.973. The molecule has 0 bridgehead atoms. The molecule has 47 nitrogen and oxygen atoms in total. The Balaban J connectivity index is 1.09. The van der Waals surface area contributed by atoms with Gasteiger partial charge >= 0.3 is 27.6 Å². The molecule has 29 N–H and O–H groups in total. The highest BCUT2D eigenvalue weighted by molar-refractivity contribution is 7.47. The van der Waals surface area contributed by atoms with E-state index in [1.807, 2.05) is 0 Å². The number of quaternary nitrogens is 2. The number of aliphatic hydroxyl groups is 21.